The molecule has 0 radical (unpaired) electrons. The summed E-state index contributed by atoms with van der Waals surface area (Å²) in [6.07, 6.45) is 2.33. The summed E-state index contributed by atoms with van der Waals surface area (Å²) in [7, 11) is 1.69. The highest BCUT2D eigenvalue weighted by molar-refractivity contribution is 7.98. The molecule has 0 spiro atoms. The highest BCUT2D eigenvalue weighted by Gasteiger charge is 2.06. The molecule has 0 aliphatic carbocycles. The Morgan fingerprint density at radius 1 is 1.14 bits per heavy atom. The standard InChI is InChI=1S/C18H23NO2S/c1-21-17-11-15(8-9-18(17)22-2)12-19-13-16(20)10-14-6-4-3-5-7-14/h3-9,11,16,19-20H,10,12-13H2,1-2H3. The lowest BCUT2D eigenvalue weighted by molar-refractivity contribution is 0.171. The van der Waals surface area contributed by atoms with Gasteiger partial charge < -0.3 is 15.2 Å². The van der Waals surface area contributed by atoms with Gasteiger partial charge in [0.15, 0.2) is 0 Å². The normalized spacial score (nSPS) is 12.1. The van der Waals surface area contributed by atoms with Crippen molar-refractivity contribution in [3.05, 3.63) is 59.7 Å². The smallest absolute Gasteiger partial charge is 0.132 e. The molecule has 0 aliphatic heterocycles. The Labute approximate surface area is 136 Å². The highest BCUT2D eigenvalue weighted by Crippen LogP contribution is 2.28. The molecule has 118 valence electrons. The van der Waals surface area contributed by atoms with Gasteiger partial charge in [0.05, 0.1) is 13.2 Å². The van der Waals surface area contributed by atoms with E-state index in [2.05, 4.69) is 17.4 Å². The lowest BCUT2D eigenvalue weighted by Gasteiger charge is -2.13. The molecule has 4 heteroatoms. The van der Waals surface area contributed by atoms with Crippen LogP contribution in [0.1, 0.15) is 11.1 Å². The fourth-order valence-electron chi connectivity index (χ4n) is 2.33. The number of hydrogen-bond acceptors (Lipinski definition) is 4. The molecular formula is C18H23NO2S. The van der Waals surface area contributed by atoms with Crippen LogP contribution in [0.4, 0.5) is 0 Å². The Morgan fingerprint density at radius 3 is 2.59 bits per heavy atom. The minimum absolute atomic E-state index is 0.380. The van der Waals surface area contributed by atoms with Gasteiger partial charge >= 0.3 is 0 Å². The molecule has 0 fully saturated rings. The Balaban J connectivity index is 1.81. The van der Waals surface area contributed by atoms with Crippen LogP contribution in [0.15, 0.2) is 53.4 Å². The summed E-state index contributed by atoms with van der Waals surface area (Å²) in [4.78, 5) is 1.13. The summed E-state index contributed by atoms with van der Waals surface area (Å²) in [6.45, 7) is 1.29. The van der Waals surface area contributed by atoms with Crippen molar-refractivity contribution in [3.8, 4) is 5.75 Å². The number of aliphatic hydroxyl groups is 1. The molecule has 2 aromatic rings. The minimum Gasteiger partial charge on any atom is -0.496 e. The molecule has 2 aromatic carbocycles. The van der Waals surface area contributed by atoms with Crippen molar-refractivity contribution in [2.75, 3.05) is 19.9 Å². The van der Waals surface area contributed by atoms with Crippen molar-refractivity contribution in [1.82, 2.24) is 5.32 Å². The van der Waals surface area contributed by atoms with E-state index in [0.717, 1.165) is 28.3 Å². The number of ether oxygens (including phenoxy) is 1. The van der Waals surface area contributed by atoms with E-state index in [1.54, 1.807) is 18.9 Å². The number of aliphatic hydroxyl groups excluding tert-OH is 1. The molecular weight excluding hydrogens is 294 g/mol. The Bertz CT molecular complexity index is 575. The monoisotopic (exact) mass is 317 g/mol. The van der Waals surface area contributed by atoms with Gasteiger partial charge in [0.1, 0.15) is 5.75 Å². The van der Waals surface area contributed by atoms with Gasteiger partial charge in [-0.2, -0.15) is 0 Å². The fraction of sp³-hybridized carbons (Fsp3) is 0.333. The maximum absolute atomic E-state index is 10.1. The number of rotatable bonds is 8. The molecule has 0 bridgehead atoms. The molecule has 1 unspecified atom stereocenters. The predicted molar refractivity (Wildman–Crippen MR) is 92.6 cm³/mol. The summed E-state index contributed by atoms with van der Waals surface area (Å²) in [6, 6.07) is 16.3. The molecule has 0 amide bonds. The van der Waals surface area contributed by atoms with Gasteiger partial charge in [-0.15, -0.1) is 11.8 Å². The summed E-state index contributed by atoms with van der Waals surface area (Å²) in [5.74, 6) is 0.900. The third-order valence-corrected chi connectivity index (χ3v) is 4.25. The lowest BCUT2D eigenvalue weighted by Crippen LogP contribution is -2.28. The summed E-state index contributed by atoms with van der Waals surface area (Å²) in [5, 5.41) is 13.4. The number of thioether (sulfide) groups is 1. The number of nitrogens with one attached hydrogen (secondary N) is 1. The van der Waals surface area contributed by atoms with Crippen molar-refractivity contribution >= 4 is 11.8 Å². The first-order chi connectivity index (χ1) is 10.7. The second-order valence-corrected chi connectivity index (χ2v) is 6.01. The van der Waals surface area contributed by atoms with Crippen molar-refractivity contribution in [2.45, 2.75) is 24.0 Å². The van der Waals surface area contributed by atoms with E-state index in [1.807, 2.05) is 42.7 Å². The van der Waals surface area contributed by atoms with Gasteiger partial charge in [-0.25, -0.2) is 0 Å². The number of methoxy groups -OCH3 is 1. The first-order valence-corrected chi connectivity index (χ1v) is 8.59. The zero-order valence-electron chi connectivity index (χ0n) is 13.1. The molecule has 0 aliphatic rings. The van der Waals surface area contributed by atoms with Gasteiger partial charge in [0, 0.05) is 18.0 Å². The second kappa shape index (κ2) is 8.83. The summed E-state index contributed by atoms with van der Waals surface area (Å²) in [5.41, 5.74) is 2.31. The first-order valence-electron chi connectivity index (χ1n) is 7.36. The van der Waals surface area contributed by atoms with Crippen LogP contribution in [0.25, 0.3) is 0 Å². The van der Waals surface area contributed by atoms with Crippen LogP contribution in [0.2, 0.25) is 0 Å². The topological polar surface area (TPSA) is 41.5 Å². The van der Waals surface area contributed by atoms with Crippen LogP contribution in [0.5, 0.6) is 5.75 Å². The minimum atomic E-state index is -0.380. The highest BCUT2D eigenvalue weighted by atomic mass is 32.2. The Morgan fingerprint density at radius 2 is 1.91 bits per heavy atom. The van der Waals surface area contributed by atoms with E-state index in [-0.39, 0.29) is 6.10 Å². The van der Waals surface area contributed by atoms with Crippen molar-refractivity contribution in [1.29, 1.82) is 0 Å². The zero-order valence-corrected chi connectivity index (χ0v) is 13.9. The van der Waals surface area contributed by atoms with Gasteiger partial charge in [-0.1, -0.05) is 36.4 Å². The molecule has 0 heterocycles. The summed E-state index contributed by atoms with van der Waals surface area (Å²) < 4.78 is 5.39. The second-order valence-electron chi connectivity index (χ2n) is 5.16. The van der Waals surface area contributed by atoms with Gasteiger partial charge in [-0.05, 0) is 35.9 Å². The van der Waals surface area contributed by atoms with Gasteiger partial charge in [0.25, 0.3) is 0 Å². The number of benzene rings is 2. The van der Waals surface area contributed by atoms with Crippen LogP contribution < -0.4 is 10.1 Å². The van der Waals surface area contributed by atoms with Gasteiger partial charge in [-0.3, -0.25) is 0 Å². The van der Waals surface area contributed by atoms with Crippen LogP contribution in [-0.4, -0.2) is 31.1 Å². The lowest BCUT2D eigenvalue weighted by atomic mass is 10.1. The molecule has 0 saturated carbocycles. The zero-order chi connectivity index (χ0) is 15.8. The van der Waals surface area contributed by atoms with E-state index in [4.69, 9.17) is 4.74 Å². The predicted octanol–water partition coefficient (Wildman–Crippen LogP) is 3.11. The third-order valence-electron chi connectivity index (χ3n) is 3.47. The van der Waals surface area contributed by atoms with E-state index in [0.29, 0.717) is 13.0 Å². The maximum atomic E-state index is 10.1. The Kier molecular flexibility index (Phi) is 6.77. The third kappa shape index (κ3) is 5.05. The molecule has 3 nitrogen and oxygen atoms in total. The van der Waals surface area contributed by atoms with Gasteiger partial charge in [0.2, 0.25) is 0 Å². The molecule has 0 saturated heterocycles. The van der Waals surface area contributed by atoms with Crippen LogP contribution in [0, 0.1) is 0 Å². The largest absolute Gasteiger partial charge is 0.496 e. The summed E-state index contributed by atoms with van der Waals surface area (Å²) >= 11 is 1.67. The van der Waals surface area contributed by atoms with Crippen molar-refractivity contribution in [3.63, 3.8) is 0 Å². The van der Waals surface area contributed by atoms with E-state index in [1.165, 1.54) is 0 Å². The van der Waals surface area contributed by atoms with Crippen LogP contribution >= 0.6 is 11.8 Å². The fourth-order valence-corrected chi connectivity index (χ4v) is 2.88. The first kappa shape index (κ1) is 16.9. The maximum Gasteiger partial charge on any atom is 0.132 e. The molecule has 1 atom stereocenters. The molecule has 22 heavy (non-hydrogen) atoms. The molecule has 2 rings (SSSR count). The van der Waals surface area contributed by atoms with Crippen molar-refractivity contribution < 1.29 is 9.84 Å². The quantitative estimate of drug-likeness (QED) is 0.734. The number of hydrogen-bond donors (Lipinski definition) is 2. The van der Waals surface area contributed by atoms with E-state index < -0.39 is 0 Å². The Hall–Kier alpha value is -1.49. The van der Waals surface area contributed by atoms with E-state index >= 15 is 0 Å². The van der Waals surface area contributed by atoms with Crippen molar-refractivity contribution in [2.24, 2.45) is 0 Å². The van der Waals surface area contributed by atoms with Crippen LogP contribution in [-0.2, 0) is 13.0 Å². The molecule has 2 N–H and O–H groups in total. The van der Waals surface area contributed by atoms with E-state index in [9.17, 15) is 5.11 Å². The van der Waals surface area contributed by atoms with Crippen LogP contribution in [0.3, 0.4) is 0 Å². The SMILES string of the molecule is COc1cc(CNCC(O)Cc2ccccc2)ccc1SC. The molecule has 0 aromatic heterocycles. The average molecular weight is 317 g/mol. The average Bonchev–Trinajstić information content (AvgIpc) is 2.55.